The number of rotatable bonds is 2. The van der Waals surface area contributed by atoms with E-state index in [0.717, 1.165) is 16.7 Å². The number of hydrogen-bond acceptors (Lipinski definition) is 1. The van der Waals surface area contributed by atoms with Crippen molar-refractivity contribution in [3.05, 3.63) is 69.5 Å². The first-order valence-electron chi connectivity index (χ1n) is 5.78. The number of halogens is 2. The Hall–Kier alpha value is -1.38. The molecular weight excluding hydrogens is 249 g/mol. The molecule has 0 aliphatic heterocycles. The lowest BCUT2D eigenvalue weighted by atomic mass is 9.93. The Bertz CT molecular complexity index is 529. The smallest absolute Gasteiger partial charge is 0.146 e. The van der Waals surface area contributed by atoms with Crippen LogP contribution >= 0.6 is 11.6 Å². The van der Waals surface area contributed by atoms with Gasteiger partial charge < -0.3 is 5.73 Å². The zero-order chi connectivity index (χ0) is 13.3. The van der Waals surface area contributed by atoms with Crippen LogP contribution in [0, 0.1) is 19.7 Å². The summed E-state index contributed by atoms with van der Waals surface area (Å²) in [6, 6.07) is 10.3. The van der Waals surface area contributed by atoms with E-state index in [2.05, 4.69) is 0 Å². The molecule has 0 radical (unpaired) electrons. The number of nitrogens with two attached hydrogens (primary N) is 1. The summed E-state index contributed by atoms with van der Waals surface area (Å²) in [6.45, 7) is 4.01. The van der Waals surface area contributed by atoms with E-state index in [9.17, 15) is 4.39 Å². The first-order chi connectivity index (χ1) is 8.52. The summed E-state index contributed by atoms with van der Waals surface area (Å²) >= 11 is 5.79. The van der Waals surface area contributed by atoms with Crippen molar-refractivity contribution in [1.82, 2.24) is 0 Å². The van der Waals surface area contributed by atoms with E-state index in [1.165, 1.54) is 6.07 Å². The maximum atomic E-state index is 14.0. The molecule has 94 valence electrons. The molecule has 1 atom stereocenters. The highest BCUT2D eigenvalue weighted by Crippen LogP contribution is 2.28. The van der Waals surface area contributed by atoms with E-state index >= 15 is 0 Å². The Morgan fingerprint density at radius 2 is 1.67 bits per heavy atom. The summed E-state index contributed by atoms with van der Waals surface area (Å²) in [5.74, 6) is -0.437. The summed E-state index contributed by atoms with van der Waals surface area (Å²) in [6.07, 6.45) is 0. The van der Waals surface area contributed by atoms with Gasteiger partial charge >= 0.3 is 0 Å². The van der Waals surface area contributed by atoms with E-state index in [1.807, 2.05) is 32.0 Å². The van der Waals surface area contributed by atoms with Crippen LogP contribution in [0.15, 0.2) is 36.4 Å². The summed E-state index contributed by atoms with van der Waals surface area (Å²) in [5, 5.41) is 0.105. The molecule has 3 heteroatoms. The minimum atomic E-state index is -0.497. The van der Waals surface area contributed by atoms with Gasteiger partial charge in [-0.15, -0.1) is 0 Å². The molecule has 0 amide bonds. The molecule has 0 heterocycles. The summed E-state index contributed by atoms with van der Waals surface area (Å²) < 4.78 is 14.0. The topological polar surface area (TPSA) is 26.0 Å². The fourth-order valence-electron chi connectivity index (χ4n) is 2.04. The van der Waals surface area contributed by atoms with Gasteiger partial charge in [0, 0.05) is 5.56 Å². The van der Waals surface area contributed by atoms with Crippen LogP contribution in [0.2, 0.25) is 5.02 Å². The van der Waals surface area contributed by atoms with Crippen molar-refractivity contribution in [2.45, 2.75) is 19.9 Å². The summed E-state index contributed by atoms with van der Waals surface area (Å²) in [7, 11) is 0. The van der Waals surface area contributed by atoms with Crippen LogP contribution in [0.1, 0.15) is 28.3 Å². The second-order valence-corrected chi connectivity index (χ2v) is 4.82. The van der Waals surface area contributed by atoms with Gasteiger partial charge in [0.25, 0.3) is 0 Å². The Morgan fingerprint density at radius 3 is 2.39 bits per heavy atom. The standard InChI is InChI=1S/C15H15ClFN/c1-9-5-3-6-11(10(9)2)15(18)12-7-4-8-13(16)14(12)17/h3-8,15H,18H2,1-2H3. The molecule has 0 aliphatic carbocycles. The fourth-order valence-corrected chi connectivity index (χ4v) is 2.22. The van der Waals surface area contributed by atoms with Gasteiger partial charge in [0.2, 0.25) is 0 Å². The van der Waals surface area contributed by atoms with E-state index in [0.29, 0.717) is 5.56 Å². The van der Waals surface area contributed by atoms with Crippen LogP contribution in [-0.2, 0) is 0 Å². The lowest BCUT2D eigenvalue weighted by Gasteiger charge is -2.17. The lowest BCUT2D eigenvalue weighted by molar-refractivity contribution is 0.599. The van der Waals surface area contributed by atoms with Gasteiger partial charge in [0.15, 0.2) is 0 Å². The Labute approximate surface area is 111 Å². The highest BCUT2D eigenvalue weighted by Gasteiger charge is 2.17. The second kappa shape index (κ2) is 5.09. The van der Waals surface area contributed by atoms with Crippen molar-refractivity contribution in [2.75, 3.05) is 0 Å². The predicted octanol–water partition coefficient (Wildman–Crippen LogP) is 4.14. The Balaban J connectivity index is 2.51. The highest BCUT2D eigenvalue weighted by molar-refractivity contribution is 6.30. The van der Waals surface area contributed by atoms with Crippen LogP contribution in [0.3, 0.4) is 0 Å². The third-order valence-electron chi connectivity index (χ3n) is 3.30. The highest BCUT2D eigenvalue weighted by atomic mass is 35.5. The molecule has 0 aromatic heterocycles. The number of hydrogen-bond donors (Lipinski definition) is 1. The van der Waals surface area contributed by atoms with Crippen molar-refractivity contribution in [2.24, 2.45) is 5.73 Å². The van der Waals surface area contributed by atoms with Crippen molar-refractivity contribution >= 4 is 11.6 Å². The Morgan fingerprint density at radius 1 is 1.06 bits per heavy atom. The molecule has 0 fully saturated rings. The SMILES string of the molecule is Cc1cccc(C(N)c2cccc(Cl)c2F)c1C. The molecule has 0 aliphatic rings. The normalized spacial score (nSPS) is 12.5. The summed E-state index contributed by atoms with van der Waals surface area (Å²) in [4.78, 5) is 0. The minimum absolute atomic E-state index is 0.105. The first-order valence-corrected chi connectivity index (χ1v) is 6.15. The molecule has 0 saturated heterocycles. The first kappa shape index (κ1) is 13.1. The predicted molar refractivity (Wildman–Crippen MR) is 73.4 cm³/mol. The maximum Gasteiger partial charge on any atom is 0.146 e. The monoisotopic (exact) mass is 263 g/mol. The third kappa shape index (κ3) is 2.26. The number of benzene rings is 2. The molecule has 2 aromatic rings. The molecule has 2 rings (SSSR count). The Kier molecular flexibility index (Phi) is 3.69. The molecular formula is C15H15ClFN. The van der Waals surface area contributed by atoms with Crippen LogP contribution in [0.4, 0.5) is 4.39 Å². The van der Waals surface area contributed by atoms with Crippen LogP contribution < -0.4 is 5.73 Å². The third-order valence-corrected chi connectivity index (χ3v) is 3.59. The van der Waals surface area contributed by atoms with Crippen molar-refractivity contribution in [1.29, 1.82) is 0 Å². The van der Waals surface area contributed by atoms with Gasteiger partial charge in [-0.25, -0.2) is 4.39 Å². The van der Waals surface area contributed by atoms with Crippen molar-refractivity contribution < 1.29 is 4.39 Å². The van der Waals surface area contributed by atoms with Crippen molar-refractivity contribution in [3.8, 4) is 0 Å². The molecule has 2 aromatic carbocycles. The van der Waals surface area contributed by atoms with E-state index in [4.69, 9.17) is 17.3 Å². The van der Waals surface area contributed by atoms with Crippen LogP contribution in [0.5, 0.6) is 0 Å². The van der Waals surface area contributed by atoms with Crippen molar-refractivity contribution in [3.63, 3.8) is 0 Å². The molecule has 1 unspecified atom stereocenters. The second-order valence-electron chi connectivity index (χ2n) is 4.41. The summed E-state index contributed by atoms with van der Waals surface area (Å²) in [5.41, 5.74) is 9.74. The van der Waals surface area contributed by atoms with Gasteiger partial charge in [-0.05, 0) is 36.6 Å². The van der Waals surface area contributed by atoms with Gasteiger partial charge in [0.1, 0.15) is 5.82 Å². The molecule has 1 nitrogen and oxygen atoms in total. The average Bonchev–Trinajstić information content (AvgIpc) is 2.35. The van der Waals surface area contributed by atoms with Gasteiger partial charge in [0.05, 0.1) is 11.1 Å². The van der Waals surface area contributed by atoms with Gasteiger partial charge in [-0.3, -0.25) is 0 Å². The van der Waals surface area contributed by atoms with Crippen LogP contribution in [0.25, 0.3) is 0 Å². The number of aryl methyl sites for hydroxylation is 1. The quantitative estimate of drug-likeness (QED) is 0.866. The zero-order valence-corrected chi connectivity index (χ0v) is 11.1. The van der Waals surface area contributed by atoms with Gasteiger partial charge in [-0.1, -0.05) is 41.9 Å². The molecule has 2 N–H and O–H groups in total. The maximum absolute atomic E-state index is 14.0. The lowest BCUT2D eigenvalue weighted by Crippen LogP contribution is -2.15. The molecule has 18 heavy (non-hydrogen) atoms. The van der Waals surface area contributed by atoms with E-state index in [1.54, 1.807) is 12.1 Å². The molecule has 0 saturated carbocycles. The fraction of sp³-hybridized carbons (Fsp3) is 0.200. The van der Waals surface area contributed by atoms with Gasteiger partial charge in [-0.2, -0.15) is 0 Å². The minimum Gasteiger partial charge on any atom is -0.320 e. The van der Waals surface area contributed by atoms with E-state index in [-0.39, 0.29) is 5.02 Å². The van der Waals surface area contributed by atoms with Crippen LogP contribution in [-0.4, -0.2) is 0 Å². The zero-order valence-electron chi connectivity index (χ0n) is 10.4. The van der Waals surface area contributed by atoms with E-state index < -0.39 is 11.9 Å². The molecule has 0 spiro atoms. The molecule has 0 bridgehead atoms. The largest absolute Gasteiger partial charge is 0.320 e. The average molecular weight is 264 g/mol.